The number of methoxy groups -OCH3 is 2. The topological polar surface area (TPSA) is 33.7 Å². The van der Waals surface area contributed by atoms with Gasteiger partial charge in [-0.05, 0) is 31.0 Å². The molecular formula is C17H26N2O2. The third-order valence-electron chi connectivity index (χ3n) is 3.89. The van der Waals surface area contributed by atoms with E-state index < -0.39 is 0 Å². The summed E-state index contributed by atoms with van der Waals surface area (Å²) in [6.07, 6.45) is 0.955. The summed E-state index contributed by atoms with van der Waals surface area (Å²) < 4.78 is 10.8. The highest BCUT2D eigenvalue weighted by atomic mass is 16.5. The van der Waals surface area contributed by atoms with E-state index in [0.29, 0.717) is 6.04 Å². The lowest BCUT2D eigenvalue weighted by atomic mass is 9.97. The number of rotatable bonds is 6. The summed E-state index contributed by atoms with van der Waals surface area (Å²) in [6, 6.07) is 6.46. The Morgan fingerprint density at radius 3 is 2.24 bits per heavy atom. The normalized spacial score (nSPS) is 17.3. The smallest absolute Gasteiger partial charge is 0.122 e. The van der Waals surface area contributed by atoms with Crippen LogP contribution in [0.25, 0.3) is 0 Å². The maximum Gasteiger partial charge on any atom is 0.122 e. The number of piperazine rings is 1. The first-order valence-corrected chi connectivity index (χ1v) is 7.46. The van der Waals surface area contributed by atoms with Gasteiger partial charge in [0.2, 0.25) is 0 Å². The molecule has 2 rings (SSSR count). The minimum absolute atomic E-state index is 0.327. The fourth-order valence-corrected chi connectivity index (χ4v) is 2.80. The molecular weight excluding hydrogens is 264 g/mol. The van der Waals surface area contributed by atoms with E-state index >= 15 is 0 Å². The summed E-state index contributed by atoms with van der Waals surface area (Å²) in [6.45, 7) is 10.4. The molecule has 1 aliphatic rings. The molecule has 116 valence electrons. The van der Waals surface area contributed by atoms with Gasteiger partial charge in [-0.3, -0.25) is 4.90 Å². The van der Waals surface area contributed by atoms with E-state index in [4.69, 9.17) is 9.47 Å². The third-order valence-corrected chi connectivity index (χ3v) is 3.89. The molecule has 1 aliphatic heterocycles. The average molecular weight is 290 g/mol. The van der Waals surface area contributed by atoms with Crippen molar-refractivity contribution < 1.29 is 9.47 Å². The zero-order chi connectivity index (χ0) is 15.2. The van der Waals surface area contributed by atoms with Crippen molar-refractivity contribution in [2.75, 3.05) is 40.4 Å². The molecule has 1 aromatic carbocycles. The lowest BCUT2D eigenvalue weighted by molar-refractivity contribution is 0.172. The highest BCUT2D eigenvalue weighted by Crippen LogP contribution is 2.33. The Morgan fingerprint density at radius 2 is 1.76 bits per heavy atom. The first kappa shape index (κ1) is 15.9. The predicted octanol–water partition coefficient (Wildman–Crippen LogP) is 2.62. The second-order valence-electron chi connectivity index (χ2n) is 5.61. The van der Waals surface area contributed by atoms with E-state index in [2.05, 4.69) is 35.9 Å². The maximum atomic E-state index is 5.41. The Labute approximate surface area is 127 Å². The first-order chi connectivity index (χ1) is 10.1. The van der Waals surface area contributed by atoms with Crippen molar-refractivity contribution in [1.29, 1.82) is 0 Å². The molecule has 0 radical (unpaired) electrons. The monoisotopic (exact) mass is 290 g/mol. The van der Waals surface area contributed by atoms with Gasteiger partial charge < -0.3 is 14.8 Å². The summed E-state index contributed by atoms with van der Waals surface area (Å²) >= 11 is 0. The minimum atomic E-state index is 0.327. The van der Waals surface area contributed by atoms with Gasteiger partial charge in [-0.1, -0.05) is 5.57 Å². The van der Waals surface area contributed by atoms with Crippen LogP contribution in [-0.4, -0.2) is 45.3 Å². The van der Waals surface area contributed by atoms with Crippen LogP contribution in [0.15, 0.2) is 30.4 Å². The van der Waals surface area contributed by atoms with Gasteiger partial charge in [-0.15, -0.1) is 6.58 Å². The predicted molar refractivity (Wildman–Crippen MR) is 86.2 cm³/mol. The van der Waals surface area contributed by atoms with E-state index in [1.807, 2.05) is 6.07 Å². The van der Waals surface area contributed by atoms with E-state index in [1.54, 1.807) is 14.2 Å². The van der Waals surface area contributed by atoms with Gasteiger partial charge in [0.1, 0.15) is 11.5 Å². The van der Waals surface area contributed by atoms with Crippen LogP contribution in [0.4, 0.5) is 0 Å². The lowest BCUT2D eigenvalue weighted by Crippen LogP contribution is -2.45. The molecule has 0 aliphatic carbocycles. The van der Waals surface area contributed by atoms with E-state index in [0.717, 1.165) is 44.1 Å². The van der Waals surface area contributed by atoms with Crippen LogP contribution >= 0.6 is 0 Å². The van der Waals surface area contributed by atoms with Crippen LogP contribution in [-0.2, 0) is 0 Å². The Morgan fingerprint density at radius 1 is 1.19 bits per heavy atom. The molecule has 21 heavy (non-hydrogen) atoms. The van der Waals surface area contributed by atoms with Crippen LogP contribution in [0.2, 0.25) is 0 Å². The van der Waals surface area contributed by atoms with Gasteiger partial charge in [0.05, 0.1) is 14.2 Å². The van der Waals surface area contributed by atoms with E-state index in [1.165, 1.54) is 11.1 Å². The van der Waals surface area contributed by atoms with Crippen molar-refractivity contribution in [3.05, 3.63) is 35.9 Å². The molecule has 0 unspecified atom stereocenters. The van der Waals surface area contributed by atoms with Crippen molar-refractivity contribution >= 4 is 0 Å². The second kappa shape index (κ2) is 7.48. The molecule has 0 amide bonds. The Bertz CT molecular complexity index is 459. The molecule has 0 aromatic heterocycles. The Hall–Kier alpha value is -1.52. The van der Waals surface area contributed by atoms with Gasteiger partial charge in [0.25, 0.3) is 0 Å². The first-order valence-electron chi connectivity index (χ1n) is 7.46. The van der Waals surface area contributed by atoms with Crippen molar-refractivity contribution in [3.63, 3.8) is 0 Å². The number of nitrogens with zero attached hydrogens (tertiary/aromatic N) is 1. The van der Waals surface area contributed by atoms with Crippen LogP contribution in [0.3, 0.4) is 0 Å². The average Bonchev–Trinajstić information content (AvgIpc) is 2.52. The highest BCUT2D eigenvalue weighted by molar-refractivity contribution is 5.40. The number of ether oxygens (including phenoxy) is 2. The summed E-state index contributed by atoms with van der Waals surface area (Å²) in [4.78, 5) is 2.51. The van der Waals surface area contributed by atoms with Crippen LogP contribution in [0.5, 0.6) is 11.5 Å². The standard InChI is InChI=1S/C17H26N2O2/c1-13(2)9-17(19-7-5-18-6-8-19)14-10-15(20-3)12-16(11-14)21-4/h10-12,17-18H,1,5-9H2,2-4H3/t17-/m1/s1. The fraction of sp³-hybridized carbons (Fsp3) is 0.529. The maximum absolute atomic E-state index is 5.41. The van der Waals surface area contributed by atoms with E-state index in [9.17, 15) is 0 Å². The molecule has 0 spiro atoms. The molecule has 1 saturated heterocycles. The molecule has 0 saturated carbocycles. The summed E-state index contributed by atoms with van der Waals surface area (Å²) in [5, 5.41) is 3.41. The summed E-state index contributed by atoms with van der Waals surface area (Å²) in [5.74, 6) is 1.68. The third kappa shape index (κ3) is 4.22. The van der Waals surface area contributed by atoms with Gasteiger partial charge in [-0.25, -0.2) is 0 Å². The van der Waals surface area contributed by atoms with Crippen LogP contribution < -0.4 is 14.8 Å². The Kier molecular flexibility index (Phi) is 5.65. The molecule has 1 N–H and O–H groups in total. The molecule has 1 fully saturated rings. The van der Waals surface area contributed by atoms with Gasteiger partial charge >= 0.3 is 0 Å². The van der Waals surface area contributed by atoms with Crippen molar-refractivity contribution in [1.82, 2.24) is 10.2 Å². The van der Waals surface area contributed by atoms with E-state index in [-0.39, 0.29) is 0 Å². The van der Waals surface area contributed by atoms with Gasteiger partial charge in [0, 0.05) is 38.3 Å². The zero-order valence-electron chi connectivity index (χ0n) is 13.3. The van der Waals surface area contributed by atoms with Crippen molar-refractivity contribution in [2.24, 2.45) is 0 Å². The van der Waals surface area contributed by atoms with Crippen molar-refractivity contribution in [3.8, 4) is 11.5 Å². The van der Waals surface area contributed by atoms with Gasteiger partial charge in [-0.2, -0.15) is 0 Å². The van der Waals surface area contributed by atoms with Gasteiger partial charge in [0.15, 0.2) is 0 Å². The molecule has 1 aromatic rings. The number of nitrogens with one attached hydrogen (secondary N) is 1. The fourth-order valence-electron chi connectivity index (χ4n) is 2.80. The minimum Gasteiger partial charge on any atom is -0.497 e. The zero-order valence-corrected chi connectivity index (χ0v) is 13.3. The molecule has 1 heterocycles. The molecule has 0 bridgehead atoms. The largest absolute Gasteiger partial charge is 0.497 e. The SMILES string of the molecule is C=C(C)C[C@H](c1cc(OC)cc(OC)c1)N1CCNCC1. The quantitative estimate of drug-likeness (QED) is 0.817. The Balaban J connectivity index is 2.32. The number of benzene rings is 1. The summed E-state index contributed by atoms with van der Waals surface area (Å²) in [5.41, 5.74) is 2.43. The second-order valence-corrected chi connectivity index (χ2v) is 5.61. The molecule has 4 nitrogen and oxygen atoms in total. The highest BCUT2D eigenvalue weighted by Gasteiger charge is 2.23. The van der Waals surface area contributed by atoms with Crippen LogP contribution in [0, 0.1) is 0 Å². The molecule has 1 atom stereocenters. The number of hydrogen-bond acceptors (Lipinski definition) is 4. The molecule has 4 heteroatoms. The van der Waals surface area contributed by atoms with Crippen LogP contribution in [0.1, 0.15) is 24.9 Å². The number of hydrogen-bond donors (Lipinski definition) is 1. The lowest BCUT2D eigenvalue weighted by Gasteiger charge is -2.35. The van der Waals surface area contributed by atoms with Crippen molar-refractivity contribution in [2.45, 2.75) is 19.4 Å². The summed E-state index contributed by atoms with van der Waals surface area (Å²) in [7, 11) is 3.38.